The molecule has 2 unspecified atom stereocenters. The zero-order chi connectivity index (χ0) is 14.1. The number of nitrogens with zero attached hydrogens (tertiary/aromatic N) is 1. The van der Waals surface area contributed by atoms with Crippen LogP contribution in [0.1, 0.15) is 24.8 Å². The van der Waals surface area contributed by atoms with E-state index in [9.17, 15) is 4.79 Å². The Labute approximate surface area is 120 Å². The zero-order valence-corrected chi connectivity index (χ0v) is 12.1. The van der Waals surface area contributed by atoms with Crippen molar-refractivity contribution in [1.82, 2.24) is 4.90 Å². The van der Waals surface area contributed by atoms with E-state index in [1.807, 2.05) is 25.1 Å². The van der Waals surface area contributed by atoms with Gasteiger partial charge in [-0.1, -0.05) is 12.5 Å². The van der Waals surface area contributed by atoms with Gasteiger partial charge in [0.05, 0.1) is 6.54 Å². The number of amides is 1. The number of likely N-dealkylation sites (tertiary alicyclic amines) is 1. The molecule has 2 aliphatic rings. The molecule has 0 spiro atoms. The van der Waals surface area contributed by atoms with Crippen LogP contribution in [-0.2, 0) is 4.79 Å². The Morgan fingerprint density at radius 1 is 1.35 bits per heavy atom. The average molecular weight is 273 g/mol. The van der Waals surface area contributed by atoms with Gasteiger partial charge in [-0.2, -0.15) is 0 Å². The van der Waals surface area contributed by atoms with E-state index in [0.29, 0.717) is 6.54 Å². The molecule has 0 aromatic heterocycles. The van der Waals surface area contributed by atoms with Gasteiger partial charge >= 0.3 is 0 Å². The number of carbonyl (C=O) groups excluding carboxylic acids is 1. The van der Waals surface area contributed by atoms with Crippen molar-refractivity contribution in [3.8, 4) is 0 Å². The summed E-state index contributed by atoms with van der Waals surface area (Å²) >= 11 is 0. The molecule has 2 atom stereocenters. The lowest BCUT2D eigenvalue weighted by atomic mass is 10.0. The van der Waals surface area contributed by atoms with Crippen LogP contribution in [0.15, 0.2) is 18.2 Å². The maximum Gasteiger partial charge on any atom is 0.238 e. The van der Waals surface area contributed by atoms with Crippen LogP contribution < -0.4 is 11.1 Å². The molecule has 1 heterocycles. The van der Waals surface area contributed by atoms with Crippen molar-refractivity contribution in [2.75, 3.05) is 30.7 Å². The summed E-state index contributed by atoms with van der Waals surface area (Å²) in [6.07, 6.45) is 4.06. The Morgan fingerprint density at radius 3 is 2.75 bits per heavy atom. The molecule has 4 nitrogen and oxygen atoms in total. The molecule has 2 fully saturated rings. The van der Waals surface area contributed by atoms with Crippen LogP contribution in [0.3, 0.4) is 0 Å². The van der Waals surface area contributed by atoms with Crippen molar-refractivity contribution in [2.24, 2.45) is 11.8 Å². The summed E-state index contributed by atoms with van der Waals surface area (Å²) in [5.41, 5.74) is 8.35. The number of hydrogen-bond donors (Lipinski definition) is 2. The van der Waals surface area contributed by atoms with Crippen molar-refractivity contribution in [3.63, 3.8) is 0 Å². The second kappa shape index (κ2) is 5.44. The highest BCUT2D eigenvalue weighted by molar-refractivity contribution is 5.93. The average Bonchev–Trinajstić information content (AvgIpc) is 2.95. The first kappa shape index (κ1) is 13.4. The Bertz CT molecular complexity index is 502. The Hall–Kier alpha value is -1.55. The van der Waals surface area contributed by atoms with Gasteiger partial charge in [0.1, 0.15) is 0 Å². The zero-order valence-electron chi connectivity index (χ0n) is 12.1. The van der Waals surface area contributed by atoms with Crippen molar-refractivity contribution >= 4 is 17.3 Å². The fourth-order valence-corrected chi connectivity index (χ4v) is 3.64. The van der Waals surface area contributed by atoms with Crippen molar-refractivity contribution in [2.45, 2.75) is 26.2 Å². The van der Waals surface area contributed by atoms with Crippen molar-refractivity contribution in [1.29, 1.82) is 0 Å². The molecule has 1 aliphatic carbocycles. The molecule has 3 N–H and O–H groups in total. The van der Waals surface area contributed by atoms with Crippen LogP contribution in [0.2, 0.25) is 0 Å². The van der Waals surface area contributed by atoms with E-state index in [2.05, 4.69) is 10.2 Å². The first-order chi connectivity index (χ1) is 9.63. The largest absolute Gasteiger partial charge is 0.398 e. The number of rotatable bonds is 3. The molecule has 0 bridgehead atoms. The van der Waals surface area contributed by atoms with Crippen LogP contribution in [-0.4, -0.2) is 30.4 Å². The number of fused-ring (bicyclic) bond motifs is 1. The smallest absolute Gasteiger partial charge is 0.238 e. The van der Waals surface area contributed by atoms with Gasteiger partial charge in [-0.15, -0.1) is 0 Å². The predicted octanol–water partition coefficient (Wildman–Crippen LogP) is 2.25. The second-order valence-corrected chi connectivity index (χ2v) is 6.21. The lowest BCUT2D eigenvalue weighted by Crippen LogP contribution is -2.32. The minimum Gasteiger partial charge on any atom is -0.398 e. The topological polar surface area (TPSA) is 58.4 Å². The summed E-state index contributed by atoms with van der Waals surface area (Å²) in [6, 6.07) is 5.63. The molecule has 3 rings (SSSR count). The van der Waals surface area contributed by atoms with Crippen molar-refractivity contribution in [3.05, 3.63) is 23.8 Å². The molecule has 1 saturated carbocycles. The molecule has 1 aliphatic heterocycles. The number of hydrogen-bond acceptors (Lipinski definition) is 3. The molecule has 0 radical (unpaired) electrons. The van der Waals surface area contributed by atoms with Gasteiger partial charge in [0.25, 0.3) is 0 Å². The number of nitrogens with one attached hydrogen (secondary N) is 1. The van der Waals surface area contributed by atoms with Crippen LogP contribution >= 0.6 is 0 Å². The van der Waals surface area contributed by atoms with E-state index in [4.69, 9.17) is 5.73 Å². The number of anilines is 2. The molecule has 1 saturated heterocycles. The summed E-state index contributed by atoms with van der Waals surface area (Å²) in [7, 11) is 0. The molecule has 20 heavy (non-hydrogen) atoms. The quantitative estimate of drug-likeness (QED) is 0.830. The van der Waals surface area contributed by atoms with E-state index in [1.54, 1.807) is 0 Å². The number of benzene rings is 1. The van der Waals surface area contributed by atoms with Gasteiger partial charge in [-0.25, -0.2) is 0 Å². The summed E-state index contributed by atoms with van der Waals surface area (Å²) in [5.74, 6) is 1.73. The number of nitrogens with two attached hydrogens (primary N) is 1. The lowest BCUT2D eigenvalue weighted by molar-refractivity contribution is -0.117. The fraction of sp³-hybridized carbons (Fsp3) is 0.562. The van der Waals surface area contributed by atoms with Gasteiger partial charge < -0.3 is 11.1 Å². The minimum absolute atomic E-state index is 0.0682. The van der Waals surface area contributed by atoms with Gasteiger partial charge in [0, 0.05) is 24.5 Å². The molecule has 1 aromatic carbocycles. The van der Waals surface area contributed by atoms with E-state index < -0.39 is 0 Å². The van der Waals surface area contributed by atoms with Crippen LogP contribution in [0.4, 0.5) is 11.4 Å². The highest BCUT2D eigenvalue weighted by Crippen LogP contribution is 2.37. The molecule has 108 valence electrons. The van der Waals surface area contributed by atoms with Gasteiger partial charge in [-0.05, 0) is 49.3 Å². The normalized spacial score (nSPS) is 25.6. The van der Waals surface area contributed by atoms with Gasteiger partial charge in [0.2, 0.25) is 5.91 Å². The number of carbonyl (C=O) groups is 1. The summed E-state index contributed by atoms with van der Waals surface area (Å²) in [5, 5.41) is 2.98. The first-order valence-corrected chi connectivity index (χ1v) is 7.51. The highest BCUT2D eigenvalue weighted by Gasteiger charge is 2.36. The van der Waals surface area contributed by atoms with Crippen LogP contribution in [0, 0.1) is 18.8 Å². The number of nitrogen functional groups attached to an aromatic ring is 1. The van der Waals surface area contributed by atoms with E-state index in [1.165, 1.54) is 19.3 Å². The van der Waals surface area contributed by atoms with Crippen molar-refractivity contribution < 1.29 is 4.79 Å². The fourth-order valence-electron chi connectivity index (χ4n) is 3.64. The molecule has 1 aromatic rings. The van der Waals surface area contributed by atoms with E-state index >= 15 is 0 Å². The highest BCUT2D eigenvalue weighted by atomic mass is 16.2. The van der Waals surface area contributed by atoms with Gasteiger partial charge in [-0.3, -0.25) is 9.69 Å². The third-order valence-electron chi connectivity index (χ3n) is 4.82. The Morgan fingerprint density at radius 2 is 2.05 bits per heavy atom. The predicted molar refractivity (Wildman–Crippen MR) is 81.5 cm³/mol. The van der Waals surface area contributed by atoms with E-state index in [-0.39, 0.29) is 5.91 Å². The SMILES string of the molecule is Cc1c(N)cccc1NC(=O)CN1CC2CCCC2C1. The van der Waals surface area contributed by atoms with Crippen LogP contribution in [0.5, 0.6) is 0 Å². The third kappa shape index (κ3) is 2.66. The van der Waals surface area contributed by atoms with Crippen LogP contribution in [0.25, 0.3) is 0 Å². The molecular weight excluding hydrogens is 250 g/mol. The first-order valence-electron chi connectivity index (χ1n) is 7.51. The lowest BCUT2D eigenvalue weighted by Gasteiger charge is -2.17. The summed E-state index contributed by atoms with van der Waals surface area (Å²) < 4.78 is 0. The standard InChI is InChI=1S/C16H23N3O/c1-11-14(17)6-3-7-15(11)18-16(20)10-19-8-12-4-2-5-13(12)9-19/h3,6-7,12-13H,2,4-5,8-10,17H2,1H3,(H,18,20). The maximum absolute atomic E-state index is 12.2. The summed E-state index contributed by atoms with van der Waals surface area (Å²) in [4.78, 5) is 14.5. The second-order valence-electron chi connectivity index (χ2n) is 6.21. The monoisotopic (exact) mass is 273 g/mol. The Kier molecular flexibility index (Phi) is 3.66. The molecule has 4 heteroatoms. The molecule has 1 amide bonds. The maximum atomic E-state index is 12.2. The summed E-state index contributed by atoms with van der Waals surface area (Å²) in [6.45, 7) is 4.62. The Balaban J connectivity index is 1.56. The molecular formula is C16H23N3O. The third-order valence-corrected chi connectivity index (χ3v) is 4.82. The van der Waals surface area contributed by atoms with Gasteiger partial charge in [0.15, 0.2) is 0 Å². The van der Waals surface area contributed by atoms with E-state index in [0.717, 1.165) is 41.9 Å². The minimum atomic E-state index is 0.0682.